The fourth-order valence-corrected chi connectivity index (χ4v) is 2.80. The van der Waals surface area contributed by atoms with Crippen LogP contribution in [0.5, 0.6) is 0 Å². The highest BCUT2D eigenvalue weighted by atomic mass is 16.6. The molecule has 1 aromatic carbocycles. The van der Waals surface area contributed by atoms with E-state index in [0.717, 1.165) is 26.1 Å². The summed E-state index contributed by atoms with van der Waals surface area (Å²) in [6.45, 7) is 12.0. The van der Waals surface area contributed by atoms with Crippen LogP contribution in [0, 0.1) is 0 Å². The molecular weight excluding hydrogens is 330 g/mol. The maximum Gasteiger partial charge on any atom is 0.410 e. The molecule has 26 heavy (non-hydrogen) atoms. The number of nitrogens with one attached hydrogen (secondary N) is 1. The van der Waals surface area contributed by atoms with Gasteiger partial charge in [0.25, 0.3) is 5.91 Å². The Morgan fingerprint density at radius 3 is 2.23 bits per heavy atom. The van der Waals surface area contributed by atoms with Gasteiger partial charge in [-0.3, -0.25) is 9.69 Å². The molecule has 1 saturated heterocycles. The van der Waals surface area contributed by atoms with Crippen molar-refractivity contribution in [1.82, 2.24) is 15.1 Å². The number of hydrogen-bond donors (Lipinski definition) is 1. The first-order valence-electron chi connectivity index (χ1n) is 9.36. The Kier molecular flexibility index (Phi) is 7.03. The zero-order valence-electron chi connectivity index (χ0n) is 16.4. The first-order valence-corrected chi connectivity index (χ1v) is 9.36. The number of aryl methyl sites for hydroxylation is 1. The van der Waals surface area contributed by atoms with Gasteiger partial charge in [0.1, 0.15) is 5.60 Å². The zero-order chi connectivity index (χ0) is 19.2. The van der Waals surface area contributed by atoms with E-state index in [9.17, 15) is 9.59 Å². The van der Waals surface area contributed by atoms with Crippen LogP contribution in [0.15, 0.2) is 24.3 Å². The average molecular weight is 361 g/mol. The van der Waals surface area contributed by atoms with E-state index in [4.69, 9.17) is 4.74 Å². The van der Waals surface area contributed by atoms with Gasteiger partial charge in [-0.25, -0.2) is 4.79 Å². The van der Waals surface area contributed by atoms with Crippen molar-refractivity contribution in [2.45, 2.75) is 39.7 Å². The van der Waals surface area contributed by atoms with E-state index >= 15 is 0 Å². The SMILES string of the molecule is CCc1ccc(C(=O)NCCN2CCN(C(=O)OC(C)(C)C)CC2)cc1. The Balaban J connectivity index is 1.68. The molecule has 0 radical (unpaired) electrons. The molecule has 1 fully saturated rings. The average Bonchev–Trinajstić information content (AvgIpc) is 2.61. The first kappa shape index (κ1) is 20.2. The van der Waals surface area contributed by atoms with Crippen molar-refractivity contribution in [3.8, 4) is 0 Å². The molecule has 0 aromatic heterocycles. The highest BCUT2D eigenvalue weighted by Crippen LogP contribution is 2.11. The van der Waals surface area contributed by atoms with Gasteiger partial charge in [0.05, 0.1) is 0 Å². The third-order valence-electron chi connectivity index (χ3n) is 4.36. The number of nitrogens with zero attached hydrogens (tertiary/aromatic N) is 2. The standard InChI is InChI=1S/C20H31N3O3/c1-5-16-6-8-17(9-7-16)18(24)21-10-11-22-12-14-23(15-13-22)19(25)26-20(2,3)4/h6-9H,5,10-15H2,1-4H3,(H,21,24). The lowest BCUT2D eigenvalue weighted by atomic mass is 10.1. The second-order valence-electron chi connectivity index (χ2n) is 7.62. The van der Waals surface area contributed by atoms with E-state index in [-0.39, 0.29) is 12.0 Å². The summed E-state index contributed by atoms with van der Waals surface area (Å²) in [4.78, 5) is 28.2. The minimum absolute atomic E-state index is 0.0416. The van der Waals surface area contributed by atoms with E-state index in [1.807, 2.05) is 45.0 Å². The van der Waals surface area contributed by atoms with Gasteiger partial charge < -0.3 is 15.0 Å². The van der Waals surface area contributed by atoms with Crippen molar-refractivity contribution in [2.24, 2.45) is 0 Å². The summed E-state index contributed by atoms with van der Waals surface area (Å²) in [5.41, 5.74) is 1.45. The topological polar surface area (TPSA) is 61.9 Å². The normalized spacial score (nSPS) is 15.6. The second kappa shape index (κ2) is 9.03. The largest absolute Gasteiger partial charge is 0.444 e. The van der Waals surface area contributed by atoms with Gasteiger partial charge in [-0.15, -0.1) is 0 Å². The third kappa shape index (κ3) is 6.33. The summed E-state index contributed by atoms with van der Waals surface area (Å²) in [6, 6.07) is 7.72. The van der Waals surface area contributed by atoms with Crippen LogP contribution in [0.2, 0.25) is 0 Å². The van der Waals surface area contributed by atoms with Gasteiger partial charge >= 0.3 is 6.09 Å². The van der Waals surface area contributed by atoms with Crippen molar-refractivity contribution in [3.05, 3.63) is 35.4 Å². The molecule has 2 rings (SSSR count). The molecule has 1 N–H and O–H groups in total. The predicted octanol–water partition coefficient (Wildman–Crippen LogP) is 2.53. The molecule has 6 nitrogen and oxygen atoms in total. The van der Waals surface area contributed by atoms with E-state index < -0.39 is 5.60 Å². The Hall–Kier alpha value is -2.08. The first-order chi connectivity index (χ1) is 12.3. The molecule has 0 unspecified atom stereocenters. The molecular formula is C20H31N3O3. The number of benzene rings is 1. The van der Waals surface area contributed by atoms with E-state index in [1.54, 1.807) is 4.90 Å². The fourth-order valence-electron chi connectivity index (χ4n) is 2.80. The second-order valence-corrected chi connectivity index (χ2v) is 7.62. The molecule has 0 atom stereocenters. The summed E-state index contributed by atoms with van der Waals surface area (Å²) < 4.78 is 5.40. The lowest BCUT2D eigenvalue weighted by Crippen LogP contribution is -2.51. The molecule has 1 aromatic rings. The number of rotatable bonds is 5. The number of amides is 2. The molecule has 144 valence electrons. The molecule has 1 heterocycles. The molecule has 0 bridgehead atoms. The highest BCUT2D eigenvalue weighted by molar-refractivity contribution is 5.94. The van der Waals surface area contributed by atoms with E-state index in [0.29, 0.717) is 25.2 Å². The summed E-state index contributed by atoms with van der Waals surface area (Å²) in [5, 5.41) is 2.96. The summed E-state index contributed by atoms with van der Waals surface area (Å²) >= 11 is 0. The summed E-state index contributed by atoms with van der Waals surface area (Å²) in [5.74, 6) is -0.0416. The number of hydrogen-bond acceptors (Lipinski definition) is 4. The smallest absolute Gasteiger partial charge is 0.410 e. The van der Waals surface area contributed by atoms with Crippen molar-refractivity contribution in [3.63, 3.8) is 0 Å². The Morgan fingerprint density at radius 2 is 1.69 bits per heavy atom. The minimum atomic E-state index is -0.464. The van der Waals surface area contributed by atoms with Crippen LogP contribution >= 0.6 is 0 Å². The van der Waals surface area contributed by atoms with Crippen LogP contribution in [0.25, 0.3) is 0 Å². The Morgan fingerprint density at radius 1 is 1.08 bits per heavy atom. The number of carbonyl (C=O) groups is 2. The maximum atomic E-state index is 12.2. The van der Waals surface area contributed by atoms with Crippen molar-refractivity contribution >= 4 is 12.0 Å². The van der Waals surface area contributed by atoms with Crippen LogP contribution in [0.3, 0.4) is 0 Å². The number of ether oxygens (including phenoxy) is 1. The molecule has 0 spiro atoms. The molecule has 1 aliphatic rings. The van der Waals surface area contributed by atoms with Crippen molar-refractivity contribution < 1.29 is 14.3 Å². The molecule has 0 aliphatic carbocycles. The fraction of sp³-hybridized carbons (Fsp3) is 0.600. The van der Waals surface area contributed by atoms with Crippen molar-refractivity contribution in [2.75, 3.05) is 39.3 Å². The van der Waals surface area contributed by atoms with Gasteiger partial charge in [-0.05, 0) is 44.9 Å². The highest BCUT2D eigenvalue weighted by Gasteiger charge is 2.25. The van der Waals surface area contributed by atoms with Crippen LogP contribution in [0.4, 0.5) is 4.79 Å². The summed E-state index contributed by atoms with van der Waals surface area (Å²) in [7, 11) is 0. The van der Waals surface area contributed by atoms with E-state index in [2.05, 4.69) is 17.1 Å². The third-order valence-corrected chi connectivity index (χ3v) is 4.36. The number of carbonyl (C=O) groups excluding carboxylic acids is 2. The Bertz CT molecular complexity index is 600. The minimum Gasteiger partial charge on any atom is -0.444 e. The van der Waals surface area contributed by atoms with Crippen LogP contribution in [-0.2, 0) is 11.2 Å². The van der Waals surface area contributed by atoms with E-state index in [1.165, 1.54) is 5.56 Å². The molecule has 2 amide bonds. The summed E-state index contributed by atoms with van der Waals surface area (Å²) in [6.07, 6.45) is 0.720. The quantitative estimate of drug-likeness (QED) is 0.875. The van der Waals surface area contributed by atoms with Crippen molar-refractivity contribution in [1.29, 1.82) is 0 Å². The molecule has 1 aliphatic heterocycles. The van der Waals surface area contributed by atoms with Crippen LogP contribution in [0.1, 0.15) is 43.6 Å². The van der Waals surface area contributed by atoms with Crippen LogP contribution < -0.4 is 5.32 Å². The lowest BCUT2D eigenvalue weighted by molar-refractivity contribution is 0.0147. The Labute approximate surface area is 156 Å². The zero-order valence-corrected chi connectivity index (χ0v) is 16.4. The van der Waals surface area contributed by atoms with Gasteiger partial charge in [0, 0.05) is 44.8 Å². The molecule has 6 heteroatoms. The predicted molar refractivity (Wildman–Crippen MR) is 102 cm³/mol. The number of piperazine rings is 1. The monoisotopic (exact) mass is 361 g/mol. The van der Waals surface area contributed by atoms with Gasteiger partial charge in [-0.2, -0.15) is 0 Å². The maximum absolute atomic E-state index is 12.2. The van der Waals surface area contributed by atoms with Gasteiger partial charge in [0.15, 0.2) is 0 Å². The molecule has 0 saturated carbocycles. The lowest BCUT2D eigenvalue weighted by Gasteiger charge is -2.35. The van der Waals surface area contributed by atoms with Crippen LogP contribution in [-0.4, -0.2) is 66.7 Å². The van der Waals surface area contributed by atoms with Gasteiger partial charge in [-0.1, -0.05) is 19.1 Å². The van der Waals surface area contributed by atoms with Gasteiger partial charge in [0.2, 0.25) is 0 Å².